The second-order valence-electron chi connectivity index (χ2n) is 3.54. The lowest BCUT2D eigenvalue weighted by molar-refractivity contribution is 0.602. The molecule has 0 radical (unpaired) electrons. The molecule has 4 nitrogen and oxygen atoms in total. The van der Waals surface area contributed by atoms with E-state index < -0.39 is 0 Å². The van der Waals surface area contributed by atoms with E-state index in [9.17, 15) is 0 Å². The van der Waals surface area contributed by atoms with Crippen LogP contribution in [-0.2, 0) is 6.42 Å². The first-order valence-corrected chi connectivity index (χ1v) is 4.92. The fraction of sp³-hybridized carbons (Fsp3) is 0.182. The van der Waals surface area contributed by atoms with Crippen LogP contribution in [0.1, 0.15) is 5.56 Å². The number of rotatable bonds is 2. The summed E-state index contributed by atoms with van der Waals surface area (Å²) in [6.07, 6.45) is 4.32. The number of fused-ring (bicyclic) bond motifs is 3. The van der Waals surface area contributed by atoms with Gasteiger partial charge in [-0.1, -0.05) is 0 Å². The molecule has 3 rings (SSSR count). The van der Waals surface area contributed by atoms with Crippen LogP contribution >= 0.6 is 0 Å². The second kappa shape index (κ2) is 3.10. The smallest absolute Gasteiger partial charge is 0.182 e. The van der Waals surface area contributed by atoms with Gasteiger partial charge in [-0.3, -0.25) is 0 Å². The molecule has 76 valence electrons. The average Bonchev–Trinajstić information content (AvgIpc) is 2.83. The minimum Gasteiger partial charge on any atom is -0.443 e. The highest BCUT2D eigenvalue weighted by molar-refractivity contribution is 6.04. The lowest BCUT2D eigenvalue weighted by atomic mass is 10.1. The summed E-state index contributed by atoms with van der Waals surface area (Å²) in [5.74, 6) is 0. The zero-order chi connectivity index (χ0) is 10.3. The summed E-state index contributed by atoms with van der Waals surface area (Å²) >= 11 is 0. The van der Waals surface area contributed by atoms with Gasteiger partial charge in [-0.05, 0) is 30.7 Å². The van der Waals surface area contributed by atoms with Crippen molar-refractivity contribution in [3.63, 3.8) is 0 Å². The monoisotopic (exact) mass is 201 g/mol. The van der Waals surface area contributed by atoms with Crippen molar-refractivity contribution in [2.24, 2.45) is 5.73 Å². The van der Waals surface area contributed by atoms with Gasteiger partial charge in [0, 0.05) is 17.1 Å². The van der Waals surface area contributed by atoms with E-state index >= 15 is 0 Å². The van der Waals surface area contributed by atoms with Crippen molar-refractivity contribution in [2.45, 2.75) is 6.42 Å². The van der Waals surface area contributed by atoms with Crippen LogP contribution in [0.4, 0.5) is 0 Å². The quantitative estimate of drug-likeness (QED) is 0.664. The van der Waals surface area contributed by atoms with Crippen molar-refractivity contribution in [1.82, 2.24) is 9.97 Å². The lowest BCUT2D eigenvalue weighted by Gasteiger charge is -1.96. The van der Waals surface area contributed by atoms with Crippen LogP contribution in [0.25, 0.3) is 22.0 Å². The molecule has 0 amide bonds. The summed E-state index contributed by atoms with van der Waals surface area (Å²) in [5, 5.41) is 1.13. The second-order valence-corrected chi connectivity index (χ2v) is 3.54. The van der Waals surface area contributed by atoms with Crippen molar-refractivity contribution in [3.05, 3.63) is 30.3 Å². The molecule has 0 aliphatic carbocycles. The van der Waals surface area contributed by atoms with Gasteiger partial charge in [-0.25, -0.2) is 4.98 Å². The Morgan fingerprint density at radius 2 is 2.33 bits per heavy atom. The molecule has 0 aliphatic heterocycles. The Bertz CT molecular complexity index is 608. The topological polar surface area (TPSA) is 67.8 Å². The predicted octanol–water partition coefficient (Wildman–Crippen LogP) is 1.81. The minimum atomic E-state index is 0.640. The lowest BCUT2D eigenvalue weighted by Crippen LogP contribution is -2.01. The number of H-pyrrole nitrogens is 1. The molecule has 3 N–H and O–H groups in total. The zero-order valence-electron chi connectivity index (χ0n) is 8.16. The van der Waals surface area contributed by atoms with Crippen molar-refractivity contribution in [2.75, 3.05) is 6.54 Å². The van der Waals surface area contributed by atoms with Crippen molar-refractivity contribution < 1.29 is 4.42 Å². The number of aromatic nitrogens is 2. The van der Waals surface area contributed by atoms with Crippen LogP contribution in [-0.4, -0.2) is 16.5 Å². The van der Waals surface area contributed by atoms with Crippen LogP contribution in [0.3, 0.4) is 0 Å². The number of nitrogens with zero attached hydrogens (tertiary/aromatic N) is 1. The van der Waals surface area contributed by atoms with Crippen molar-refractivity contribution >= 4 is 22.0 Å². The molecule has 0 saturated carbocycles. The van der Waals surface area contributed by atoms with Gasteiger partial charge in [0.1, 0.15) is 5.52 Å². The largest absolute Gasteiger partial charge is 0.443 e. The summed E-state index contributed by atoms with van der Waals surface area (Å²) < 4.78 is 5.27. The molecule has 15 heavy (non-hydrogen) atoms. The van der Waals surface area contributed by atoms with Crippen molar-refractivity contribution in [1.29, 1.82) is 0 Å². The highest BCUT2D eigenvalue weighted by Gasteiger charge is 2.09. The van der Waals surface area contributed by atoms with Gasteiger partial charge in [0.05, 0.1) is 0 Å². The Kier molecular flexibility index (Phi) is 1.76. The predicted molar refractivity (Wildman–Crippen MR) is 58.6 cm³/mol. The van der Waals surface area contributed by atoms with Crippen LogP contribution in [0, 0.1) is 0 Å². The maximum Gasteiger partial charge on any atom is 0.182 e. The molecule has 0 aliphatic rings. The Morgan fingerprint density at radius 3 is 3.20 bits per heavy atom. The third-order valence-electron chi connectivity index (χ3n) is 2.64. The highest BCUT2D eigenvalue weighted by Crippen LogP contribution is 2.26. The third kappa shape index (κ3) is 1.15. The number of hydrogen-bond donors (Lipinski definition) is 2. The molecular formula is C11H11N3O. The van der Waals surface area contributed by atoms with E-state index in [0.29, 0.717) is 6.54 Å². The molecule has 0 spiro atoms. The molecule has 4 heteroatoms. The van der Waals surface area contributed by atoms with Gasteiger partial charge in [0.15, 0.2) is 12.0 Å². The SMILES string of the molecule is NCCc1c[nH]c2ccc3ocnc3c12. The molecule has 0 fully saturated rings. The summed E-state index contributed by atoms with van der Waals surface area (Å²) in [6, 6.07) is 3.93. The van der Waals surface area contributed by atoms with Crippen LogP contribution in [0.5, 0.6) is 0 Å². The Hall–Kier alpha value is -1.81. The van der Waals surface area contributed by atoms with Gasteiger partial charge in [0.25, 0.3) is 0 Å². The fourth-order valence-electron chi connectivity index (χ4n) is 1.97. The number of oxazole rings is 1. The van der Waals surface area contributed by atoms with E-state index in [2.05, 4.69) is 9.97 Å². The number of benzene rings is 1. The van der Waals surface area contributed by atoms with Gasteiger partial charge >= 0.3 is 0 Å². The Morgan fingerprint density at radius 1 is 1.40 bits per heavy atom. The summed E-state index contributed by atoms with van der Waals surface area (Å²) in [6.45, 7) is 0.640. The summed E-state index contributed by atoms with van der Waals surface area (Å²) in [7, 11) is 0. The normalized spacial score (nSPS) is 11.5. The van der Waals surface area contributed by atoms with E-state index in [4.69, 9.17) is 10.2 Å². The van der Waals surface area contributed by atoms with Crippen molar-refractivity contribution in [3.8, 4) is 0 Å². The van der Waals surface area contributed by atoms with Crippen LogP contribution in [0.15, 0.2) is 29.1 Å². The first-order valence-electron chi connectivity index (χ1n) is 4.92. The fourth-order valence-corrected chi connectivity index (χ4v) is 1.97. The highest BCUT2D eigenvalue weighted by atomic mass is 16.3. The Labute approximate surface area is 86.1 Å². The summed E-state index contributed by atoms with van der Waals surface area (Å²) in [5.41, 5.74) is 9.59. The maximum atomic E-state index is 5.57. The molecule has 2 heterocycles. The molecule has 1 aromatic carbocycles. The molecule has 0 saturated heterocycles. The van der Waals surface area contributed by atoms with Crippen LogP contribution in [0.2, 0.25) is 0 Å². The minimum absolute atomic E-state index is 0.640. The zero-order valence-corrected chi connectivity index (χ0v) is 8.16. The van der Waals surface area contributed by atoms with E-state index in [1.165, 1.54) is 12.0 Å². The third-order valence-corrected chi connectivity index (χ3v) is 2.64. The summed E-state index contributed by atoms with van der Waals surface area (Å²) in [4.78, 5) is 7.45. The number of nitrogens with one attached hydrogen (secondary N) is 1. The maximum absolute atomic E-state index is 5.57. The van der Waals surface area contributed by atoms with E-state index in [0.717, 1.165) is 28.4 Å². The number of nitrogens with two attached hydrogens (primary N) is 1. The van der Waals surface area contributed by atoms with Gasteiger partial charge in [-0.2, -0.15) is 0 Å². The van der Waals surface area contributed by atoms with Gasteiger partial charge in [0.2, 0.25) is 0 Å². The average molecular weight is 201 g/mol. The number of aromatic amines is 1. The van der Waals surface area contributed by atoms with Gasteiger partial charge in [-0.15, -0.1) is 0 Å². The van der Waals surface area contributed by atoms with E-state index in [1.807, 2.05) is 18.3 Å². The van der Waals surface area contributed by atoms with E-state index in [1.54, 1.807) is 0 Å². The molecule has 0 atom stereocenters. The Balaban J connectivity index is 2.41. The van der Waals surface area contributed by atoms with Gasteiger partial charge < -0.3 is 15.1 Å². The molecule has 0 bridgehead atoms. The first kappa shape index (κ1) is 8.49. The van der Waals surface area contributed by atoms with Crippen LogP contribution < -0.4 is 5.73 Å². The first-order chi connectivity index (χ1) is 7.40. The molecule has 0 unspecified atom stereocenters. The van der Waals surface area contributed by atoms with E-state index in [-0.39, 0.29) is 0 Å². The molecular weight excluding hydrogens is 190 g/mol. The number of hydrogen-bond acceptors (Lipinski definition) is 3. The molecule has 2 aromatic heterocycles. The molecule has 3 aromatic rings. The standard InChI is InChI=1S/C11H11N3O/c12-4-3-7-5-13-8-1-2-9-11(10(7)8)14-6-15-9/h1-2,5-6,13H,3-4,12H2.